The molecule has 5 aromatic rings. The topological polar surface area (TPSA) is 96.7 Å². The zero-order valence-electron chi connectivity index (χ0n) is 15.2. The molecule has 0 bridgehead atoms. The molecule has 0 atom stereocenters. The number of carbonyl (C=O) groups excluding carboxylic acids is 1. The number of rotatable bonds is 4. The highest BCUT2D eigenvalue weighted by Crippen LogP contribution is 2.32. The monoisotopic (exact) mass is 381 g/mol. The normalized spacial score (nSPS) is 10.9. The van der Waals surface area contributed by atoms with Crippen LogP contribution in [-0.2, 0) is 0 Å². The SMILES string of the molecule is O=C(Nc1cnccn1)c1ccccc1-c1cnc2[nH]cc(-c3ccoc3)c2c1. The average Bonchev–Trinajstić information content (AvgIpc) is 3.43. The molecule has 4 aromatic heterocycles. The van der Waals surface area contributed by atoms with Crippen molar-refractivity contribution in [3.63, 3.8) is 0 Å². The fourth-order valence-electron chi connectivity index (χ4n) is 3.29. The van der Waals surface area contributed by atoms with Crippen molar-refractivity contribution in [3.05, 3.63) is 85.5 Å². The number of aromatic amines is 1. The first-order chi connectivity index (χ1) is 14.3. The summed E-state index contributed by atoms with van der Waals surface area (Å²) in [5.41, 5.74) is 4.87. The number of carbonyl (C=O) groups is 1. The number of nitrogens with zero attached hydrogens (tertiary/aromatic N) is 3. The Hall–Kier alpha value is -4.26. The highest BCUT2D eigenvalue weighted by Gasteiger charge is 2.15. The molecule has 0 aliphatic rings. The van der Waals surface area contributed by atoms with Gasteiger partial charge in [-0.15, -0.1) is 0 Å². The van der Waals surface area contributed by atoms with Crippen LogP contribution in [0.4, 0.5) is 5.82 Å². The molecule has 1 aromatic carbocycles. The first-order valence-electron chi connectivity index (χ1n) is 8.96. The second kappa shape index (κ2) is 7.05. The van der Waals surface area contributed by atoms with Crippen molar-refractivity contribution in [2.45, 2.75) is 0 Å². The van der Waals surface area contributed by atoms with Crippen molar-refractivity contribution < 1.29 is 9.21 Å². The van der Waals surface area contributed by atoms with Crippen molar-refractivity contribution in [3.8, 4) is 22.3 Å². The lowest BCUT2D eigenvalue weighted by atomic mass is 9.99. The van der Waals surface area contributed by atoms with Crippen LogP contribution in [0.5, 0.6) is 0 Å². The lowest BCUT2D eigenvalue weighted by molar-refractivity contribution is 0.102. The maximum Gasteiger partial charge on any atom is 0.257 e. The molecule has 29 heavy (non-hydrogen) atoms. The predicted molar refractivity (Wildman–Crippen MR) is 109 cm³/mol. The summed E-state index contributed by atoms with van der Waals surface area (Å²) in [5, 5.41) is 3.73. The Morgan fingerprint density at radius 1 is 1.00 bits per heavy atom. The minimum Gasteiger partial charge on any atom is -0.472 e. The second-order valence-electron chi connectivity index (χ2n) is 6.42. The van der Waals surface area contributed by atoms with Crippen molar-refractivity contribution in [2.75, 3.05) is 5.32 Å². The van der Waals surface area contributed by atoms with E-state index in [1.54, 1.807) is 31.0 Å². The van der Waals surface area contributed by atoms with Crippen LogP contribution in [0.3, 0.4) is 0 Å². The number of benzene rings is 1. The zero-order chi connectivity index (χ0) is 19.6. The van der Waals surface area contributed by atoms with Crippen LogP contribution in [0.15, 0.2) is 84.3 Å². The Morgan fingerprint density at radius 2 is 1.93 bits per heavy atom. The maximum absolute atomic E-state index is 12.9. The molecule has 0 radical (unpaired) electrons. The fraction of sp³-hybridized carbons (Fsp3) is 0. The third kappa shape index (κ3) is 3.14. The summed E-state index contributed by atoms with van der Waals surface area (Å²) in [7, 11) is 0. The number of nitrogens with one attached hydrogen (secondary N) is 2. The van der Waals surface area contributed by atoms with Crippen LogP contribution in [-0.4, -0.2) is 25.8 Å². The zero-order valence-corrected chi connectivity index (χ0v) is 15.2. The number of amides is 1. The number of fused-ring (bicyclic) bond motifs is 1. The van der Waals surface area contributed by atoms with Crippen molar-refractivity contribution >= 4 is 22.8 Å². The number of aromatic nitrogens is 4. The molecule has 2 N–H and O–H groups in total. The van der Waals surface area contributed by atoms with Crippen molar-refractivity contribution in [2.24, 2.45) is 0 Å². The van der Waals surface area contributed by atoms with Crippen LogP contribution in [0, 0.1) is 0 Å². The fourth-order valence-corrected chi connectivity index (χ4v) is 3.29. The van der Waals surface area contributed by atoms with E-state index in [4.69, 9.17) is 4.42 Å². The van der Waals surface area contributed by atoms with Crippen LogP contribution in [0.25, 0.3) is 33.3 Å². The number of pyridine rings is 1. The first-order valence-corrected chi connectivity index (χ1v) is 8.96. The van der Waals surface area contributed by atoms with Crippen molar-refractivity contribution in [1.29, 1.82) is 0 Å². The molecule has 140 valence electrons. The Balaban J connectivity index is 1.57. The highest BCUT2D eigenvalue weighted by atomic mass is 16.3. The number of H-pyrrole nitrogens is 1. The van der Waals surface area contributed by atoms with Crippen LogP contribution in [0.1, 0.15) is 10.4 Å². The van der Waals surface area contributed by atoms with E-state index in [1.807, 2.05) is 36.5 Å². The largest absolute Gasteiger partial charge is 0.472 e. The molecule has 1 amide bonds. The predicted octanol–water partition coefficient (Wildman–Crippen LogP) is 4.53. The van der Waals surface area contributed by atoms with Crippen molar-refractivity contribution in [1.82, 2.24) is 19.9 Å². The number of hydrogen-bond acceptors (Lipinski definition) is 5. The number of furan rings is 1. The van der Waals surface area contributed by atoms with Gasteiger partial charge in [0.2, 0.25) is 0 Å². The smallest absolute Gasteiger partial charge is 0.257 e. The summed E-state index contributed by atoms with van der Waals surface area (Å²) in [6.45, 7) is 0. The van der Waals surface area contributed by atoms with Gasteiger partial charge in [-0.25, -0.2) is 9.97 Å². The van der Waals surface area contributed by atoms with Gasteiger partial charge >= 0.3 is 0 Å². The Labute approximate surface area is 165 Å². The maximum atomic E-state index is 12.9. The van der Waals surface area contributed by atoms with Gasteiger partial charge in [-0.1, -0.05) is 18.2 Å². The van der Waals surface area contributed by atoms with Gasteiger partial charge in [-0.3, -0.25) is 9.78 Å². The van der Waals surface area contributed by atoms with E-state index in [0.717, 1.165) is 33.3 Å². The Bertz CT molecular complexity index is 1290. The van der Waals surface area contributed by atoms with Gasteiger partial charge in [0.25, 0.3) is 5.91 Å². The summed E-state index contributed by atoms with van der Waals surface area (Å²) < 4.78 is 5.21. The Morgan fingerprint density at radius 3 is 2.76 bits per heavy atom. The van der Waals surface area contributed by atoms with E-state index in [1.165, 1.54) is 12.4 Å². The lowest BCUT2D eigenvalue weighted by Crippen LogP contribution is -2.14. The molecule has 0 saturated carbocycles. The molecule has 4 heterocycles. The minimum atomic E-state index is -0.259. The molecule has 0 spiro atoms. The molecule has 0 aliphatic carbocycles. The third-order valence-corrected chi connectivity index (χ3v) is 4.65. The van der Waals surface area contributed by atoms with Crippen LogP contribution >= 0.6 is 0 Å². The molecular formula is C22H15N5O2. The van der Waals surface area contributed by atoms with Gasteiger partial charge in [0.15, 0.2) is 5.82 Å². The molecule has 0 unspecified atom stereocenters. The van der Waals surface area contributed by atoms with Crippen LogP contribution in [0.2, 0.25) is 0 Å². The van der Waals surface area contributed by atoms with E-state index in [0.29, 0.717) is 11.4 Å². The van der Waals surface area contributed by atoms with Crippen LogP contribution < -0.4 is 5.32 Å². The lowest BCUT2D eigenvalue weighted by Gasteiger charge is -2.10. The highest BCUT2D eigenvalue weighted by molar-refractivity contribution is 6.08. The van der Waals surface area contributed by atoms with E-state index in [-0.39, 0.29) is 5.91 Å². The van der Waals surface area contributed by atoms with E-state index in [9.17, 15) is 4.79 Å². The van der Waals surface area contributed by atoms with Gasteiger partial charge < -0.3 is 14.7 Å². The number of anilines is 1. The van der Waals surface area contributed by atoms with Gasteiger partial charge in [-0.2, -0.15) is 0 Å². The number of hydrogen-bond donors (Lipinski definition) is 2. The van der Waals surface area contributed by atoms with E-state index >= 15 is 0 Å². The summed E-state index contributed by atoms with van der Waals surface area (Å²) >= 11 is 0. The quantitative estimate of drug-likeness (QED) is 0.477. The van der Waals surface area contributed by atoms with Gasteiger partial charge in [0, 0.05) is 52.4 Å². The molecule has 0 aliphatic heterocycles. The van der Waals surface area contributed by atoms with E-state index < -0.39 is 0 Å². The van der Waals surface area contributed by atoms with Gasteiger partial charge in [0.1, 0.15) is 5.65 Å². The molecular weight excluding hydrogens is 366 g/mol. The summed E-state index contributed by atoms with van der Waals surface area (Å²) in [6, 6.07) is 11.3. The third-order valence-electron chi connectivity index (χ3n) is 4.65. The summed E-state index contributed by atoms with van der Waals surface area (Å²) in [5.74, 6) is 0.138. The average molecular weight is 381 g/mol. The molecule has 5 rings (SSSR count). The molecule has 7 nitrogen and oxygen atoms in total. The molecule has 0 saturated heterocycles. The Kier molecular flexibility index (Phi) is 4.10. The summed E-state index contributed by atoms with van der Waals surface area (Å²) in [4.78, 5) is 28.6. The molecule has 0 fully saturated rings. The standard InChI is InChI=1S/C22H15N5O2/c28-22(27-20-12-23-6-7-24-20)17-4-2-1-3-16(17)15-9-18-19(14-5-8-29-13-14)11-26-21(18)25-10-15/h1-13H,(H,25,26)(H,24,27,28). The molecule has 7 heteroatoms. The van der Waals surface area contributed by atoms with Gasteiger partial charge in [0.05, 0.1) is 18.7 Å². The minimum absolute atomic E-state index is 0.259. The van der Waals surface area contributed by atoms with E-state index in [2.05, 4.69) is 25.3 Å². The first kappa shape index (κ1) is 16.9. The summed E-state index contributed by atoms with van der Waals surface area (Å²) in [6.07, 6.45) is 11.6. The second-order valence-corrected chi connectivity index (χ2v) is 6.42. The van der Waals surface area contributed by atoms with Gasteiger partial charge in [-0.05, 0) is 23.8 Å².